The van der Waals surface area contributed by atoms with Crippen LogP contribution in [-0.4, -0.2) is 32.5 Å². The van der Waals surface area contributed by atoms with Gasteiger partial charge in [0.25, 0.3) is 0 Å². The molecule has 1 aromatic carbocycles. The Bertz CT molecular complexity index is 355. The number of ether oxygens (including phenoxy) is 2. The maximum Gasteiger partial charge on any atom is 0.123 e. The molecule has 1 rings (SSSR count). The Balaban J connectivity index is 2.66. The molecule has 0 amide bonds. The second-order valence-corrected chi connectivity index (χ2v) is 4.21. The molecular formula is C14H23NO3. The lowest BCUT2D eigenvalue weighted by Crippen LogP contribution is -2.20. The van der Waals surface area contributed by atoms with Crippen LogP contribution in [0.2, 0.25) is 0 Å². The molecular weight excluding hydrogens is 230 g/mol. The summed E-state index contributed by atoms with van der Waals surface area (Å²) in [5.74, 6) is 1.69. The van der Waals surface area contributed by atoms with Crippen LogP contribution in [0.15, 0.2) is 18.2 Å². The molecule has 1 aromatic rings. The zero-order chi connectivity index (χ0) is 13.4. The SMILES string of the molecule is COc1ccc(OC)c(C(C)NCCCCO)c1. The molecule has 0 heterocycles. The third-order valence-electron chi connectivity index (χ3n) is 2.94. The summed E-state index contributed by atoms with van der Waals surface area (Å²) in [5.41, 5.74) is 1.08. The van der Waals surface area contributed by atoms with Crippen LogP contribution in [0.4, 0.5) is 0 Å². The summed E-state index contributed by atoms with van der Waals surface area (Å²) in [7, 11) is 3.33. The number of benzene rings is 1. The van der Waals surface area contributed by atoms with Crippen molar-refractivity contribution in [3.05, 3.63) is 23.8 Å². The van der Waals surface area contributed by atoms with Gasteiger partial charge in [0.05, 0.1) is 14.2 Å². The largest absolute Gasteiger partial charge is 0.497 e. The van der Waals surface area contributed by atoms with Crippen molar-refractivity contribution in [1.29, 1.82) is 0 Å². The Hall–Kier alpha value is -1.26. The first-order chi connectivity index (χ1) is 8.72. The molecule has 0 aromatic heterocycles. The van der Waals surface area contributed by atoms with Gasteiger partial charge in [0.2, 0.25) is 0 Å². The van der Waals surface area contributed by atoms with Gasteiger partial charge in [-0.1, -0.05) is 0 Å². The van der Waals surface area contributed by atoms with Crippen LogP contribution in [0.5, 0.6) is 11.5 Å². The quantitative estimate of drug-likeness (QED) is 0.697. The minimum absolute atomic E-state index is 0.189. The van der Waals surface area contributed by atoms with Gasteiger partial charge in [-0.3, -0.25) is 0 Å². The van der Waals surface area contributed by atoms with Crippen molar-refractivity contribution in [2.75, 3.05) is 27.4 Å². The summed E-state index contributed by atoms with van der Waals surface area (Å²) in [6, 6.07) is 5.98. The van der Waals surface area contributed by atoms with E-state index in [9.17, 15) is 0 Å². The van der Waals surface area contributed by atoms with Crippen LogP contribution in [0.25, 0.3) is 0 Å². The number of nitrogens with one attached hydrogen (secondary N) is 1. The van der Waals surface area contributed by atoms with Gasteiger partial charge in [0.15, 0.2) is 0 Å². The Morgan fingerprint density at radius 2 is 2.00 bits per heavy atom. The van der Waals surface area contributed by atoms with Crippen molar-refractivity contribution in [2.45, 2.75) is 25.8 Å². The minimum atomic E-state index is 0.189. The van der Waals surface area contributed by atoms with Crippen molar-refractivity contribution < 1.29 is 14.6 Å². The van der Waals surface area contributed by atoms with E-state index >= 15 is 0 Å². The number of unbranched alkanes of at least 4 members (excludes halogenated alkanes) is 1. The fourth-order valence-corrected chi connectivity index (χ4v) is 1.84. The van der Waals surface area contributed by atoms with E-state index < -0.39 is 0 Å². The molecule has 18 heavy (non-hydrogen) atoms. The highest BCUT2D eigenvalue weighted by Gasteiger charge is 2.11. The fourth-order valence-electron chi connectivity index (χ4n) is 1.84. The van der Waals surface area contributed by atoms with Crippen molar-refractivity contribution in [2.24, 2.45) is 0 Å². The summed E-state index contributed by atoms with van der Waals surface area (Å²) in [5, 5.41) is 12.1. The highest BCUT2D eigenvalue weighted by Crippen LogP contribution is 2.29. The molecule has 4 heteroatoms. The molecule has 0 fully saturated rings. The number of aliphatic hydroxyl groups excluding tert-OH is 1. The second-order valence-electron chi connectivity index (χ2n) is 4.21. The molecule has 2 N–H and O–H groups in total. The molecule has 0 aliphatic rings. The van der Waals surface area contributed by atoms with E-state index in [1.807, 2.05) is 18.2 Å². The van der Waals surface area contributed by atoms with Crippen LogP contribution in [0.3, 0.4) is 0 Å². The summed E-state index contributed by atoms with van der Waals surface area (Å²) in [6.45, 7) is 3.22. The molecule has 0 aliphatic heterocycles. The zero-order valence-corrected chi connectivity index (χ0v) is 11.4. The highest BCUT2D eigenvalue weighted by molar-refractivity contribution is 5.42. The summed E-state index contributed by atoms with van der Waals surface area (Å²) >= 11 is 0. The highest BCUT2D eigenvalue weighted by atomic mass is 16.5. The smallest absolute Gasteiger partial charge is 0.123 e. The minimum Gasteiger partial charge on any atom is -0.497 e. The normalized spacial score (nSPS) is 12.2. The summed E-state index contributed by atoms with van der Waals surface area (Å²) < 4.78 is 10.6. The molecule has 0 aliphatic carbocycles. The Labute approximate surface area is 109 Å². The first kappa shape index (κ1) is 14.8. The van der Waals surface area contributed by atoms with E-state index in [4.69, 9.17) is 14.6 Å². The molecule has 4 nitrogen and oxygen atoms in total. The van der Waals surface area contributed by atoms with E-state index in [1.165, 1.54) is 0 Å². The van der Waals surface area contributed by atoms with E-state index in [-0.39, 0.29) is 12.6 Å². The van der Waals surface area contributed by atoms with Gasteiger partial charge in [-0.15, -0.1) is 0 Å². The van der Waals surface area contributed by atoms with E-state index in [1.54, 1.807) is 14.2 Å². The molecule has 0 bridgehead atoms. The average Bonchev–Trinajstić information content (AvgIpc) is 2.42. The standard InChI is InChI=1S/C14H23NO3/c1-11(15-8-4-5-9-16)13-10-12(17-2)6-7-14(13)18-3/h6-7,10-11,15-16H,4-5,8-9H2,1-3H3. The Morgan fingerprint density at radius 3 is 2.61 bits per heavy atom. The number of rotatable bonds is 8. The van der Waals surface area contributed by atoms with Crippen molar-refractivity contribution >= 4 is 0 Å². The molecule has 0 saturated carbocycles. The molecule has 0 spiro atoms. The maximum absolute atomic E-state index is 8.73. The summed E-state index contributed by atoms with van der Waals surface area (Å²) in [6.07, 6.45) is 1.79. The molecule has 0 radical (unpaired) electrons. The molecule has 0 saturated heterocycles. The predicted octanol–water partition coefficient (Wildman–Crippen LogP) is 2.13. The number of methoxy groups -OCH3 is 2. The summed E-state index contributed by atoms with van der Waals surface area (Å²) in [4.78, 5) is 0. The Morgan fingerprint density at radius 1 is 1.22 bits per heavy atom. The third-order valence-corrected chi connectivity index (χ3v) is 2.94. The van der Waals surface area contributed by atoms with Gasteiger partial charge in [-0.2, -0.15) is 0 Å². The topological polar surface area (TPSA) is 50.7 Å². The second kappa shape index (κ2) is 7.95. The monoisotopic (exact) mass is 253 g/mol. The lowest BCUT2D eigenvalue weighted by atomic mass is 10.1. The number of hydrogen-bond acceptors (Lipinski definition) is 4. The van der Waals surface area contributed by atoms with E-state index in [0.717, 1.165) is 36.4 Å². The molecule has 1 unspecified atom stereocenters. The fraction of sp³-hybridized carbons (Fsp3) is 0.571. The van der Waals surface area contributed by atoms with E-state index in [2.05, 4.69) is 12.2 Å². The van der Waals surface area contributed by atoms with Gasteiger partial charge >= 0.3 is 0 Å². The van der Waals surface area contributed by atoms with Crippen molar-refractivity contribution in [1.82, 2.24) is 5.32 Å². The number of hydrogen-bond donors (Lipinski definition) is 2. The van der Waals surface area contributed by atoms with Gasteiger partial charge < -0.3 is 19.9 Å². The van der Waals surface area contributed by atoms with Gasteiger partial charge in [-0.25, -0.2) is 0 Å². The lowest BCUT2D eigenvalue weighted by Gasteiger charge is -2.18. The van der Waals surface area contributed by atoms with Crippen LogP contribution in [-0.2, 0) is 0 Å². The van der Waals surface area contributed by atoms with Gasteiger partial charge in [-0.05, 0) is 44.5 Å². The maximum atomic E-state index is 8.73. The average molecular weight is 253 g/mol. The Kier molecular flexibility index (Phi) is 6.54. The van der Waals surface area contributed by atoms with Gasteiger partial charge in [0.1, 0.15) is 11.5 Å². The van der Waals surface area contributed by atoms with Crippen molar-refractivity contribution in [3.8, 4) is 11.5 Å². The van der Waals surface area contributed by atoms with Gasteiger partial charge in [0, 0.05) is 18.2 Å². The predicted molar refractivity (Wildman–Crippen MR) is 72.3 cm³/mol. The lowest BCUT2D eigenvalue weighted by molar-refractivity contribution is 0.282. The van der Waals surface area contributed by atoms with Crippen LogP contribution in [0, 0.1) is 0 Å². The van der Waals surface area contributed by atoms with Crippen LogP contribution < -0.4 is 14.8 Å². The zero-order valence-electron chi connectivity index (χ0n) is 11.4. The van der Waals surface area contributed by atoms with Crippen LogP contribution >= 0.6 is 0 Å². The number of aliphatic hydroxyl groups is 1. The van der Waals surface area contributed by atoms with Crippen LogP contribution in [0.1, 0.15) is 31.4 Å². The third kappa shape index (κ3) is 4.20. The first-order valence-electron chi connectivity index (χ1n) is 6.29. The van der Waals surface area contributed by atoms with Crippen molar-refractivity contribution in [3.63, 3.8) is 0 Å². The van der Waals surface area contributed by atoms with E-state index in [0.29, 0.717) is 0 Å². The molecule has 1 atom stereocenters. The first-order valence-corrected chi connectivity index (χ1v) is 6.29. The molecule has 102 valence electrons.